The molecule has 1 fully saturated rings. The van der Waals surface area contributed by atoms with Crippen LogP contribution in [-0.2, 0) is 6.54 Å². The number of amides is 2. The van der Waals surface area contributed by atoms with Gasteiger partial charge in [0, 0.05) is 18.8 Å². The molecule has 0 radical (unpaired) electrons. The summed E-state index contributed by atoms with van der Waals surface area (Å²) in [6.07, 6.45) is 0.614. The normalized spacial score (nSPS) is 23.2. The van der Waals surface area contributed by atoms with Gasteiger partial charge < -0.3 is 21.1 Å². The van der Waals surface area contributed by atoms with Crippen molar-refractivity contribution >= 4 is 11.7 Å². The molecule has 1 unspecified atom stereocenters. The molecule has 1 atom stereocenters. The molecular weight excluding hydrogens is 230 g/mol. The van der Waals surface area contributed by atoms with Crippen LogP contribution in [0.5, 0.6) is 0 Å². The molecule has 1 aromatic carbocycles. The van der Waals surface area contributed by atoms with E-state index < -0.39 is 5.60 Å². The molecule has 1 aromatic rings. The van der Waals surface area contributed by atoms with E-state index in [9.17, 15) is 9.90 Å². The van der Waals surface area contributed by atoms with Gasteiger partial charge in [0.25, 0.3) is 0 Å². The van der Waals surface area contributed by atoms with Crippen LogP contribution in [0.2, 0.25) is 0 Å². The van der Waals surface area contributed by atoms with E-state index in [2.05, 4.69) is 5.32 Å². The molecule has 98 valence electrons. The van der Waals surface area contributed by atoms with Crippen LogP contribution >= 0.6 is 0 Å². The Balaban J connectivity index is 1.99. The lowest BCUT2D eigenvalue weighted by Crippen LogP contribution is -2.36. The summed E-state index contributed by atoms with van der Waals surface area (Å²) >= 11 is 0. The zero-order chi connectivity index (χ0) is 13.2. The lowest BCUT2D eigenvalue weighted by molar-refractivity contribution is 0.0727. The van der Waals surface area contributed by atoms with Crippen molar-refractivity contribution in [3.8, 4) is 0 Å². The van der Waals surface area contributed by atoms with Crippen LogP contribution in [0.15, 0.2) is 24.3 Å². The summed E-state index contributed by atoms with van der Waals surface area (Å²) in [4.78, 5) is 13.6. The van der Waals surface area contributed by atoms with Gasteiger partial charge in [0.15, 0.2) is 0 Å². The van der Waals surface area contributed by atoms with Gasteiger partial charge in [-0.25, -0.2) is 4.79 Å². The van der Waals surface area contributed by atoms with Gasteiger partial charge in [-0.05, 0) is 31.0 Å². The van der Waals surface area contributed by atoms with Crippen molar-refractivity contribution in [1.29, 1.82) is 0 Å². The van der Waals surface area contributed by atoms with Gasteiger partial charge in [-0.3, -0.25) is 0 Å². The summed E-state index contributed by atoms with van der Waals surface area (Å²) in [5.74, 6) is 0. The van der Waals surface area contributed by atoms with Crippen molar-refractivity contribution in [2.75, 3.05) is 18.4 Å². The number of β-amino-alcohol motifs (C(OH)–C–C–N with tert-alkyl or cyclic N) is 1. The third-order valence-corrected chi connectivity index (χ3v) is 3.15. The number of nitrogens with zero attached hydrogens (tertiary/aromatic N) is 1. The fourth-order valence-electron chi connectivity index (χ4n) is 2.10. The third kappa shape index (κ3) is 3.00. The molecule has 5 heteroatoms. The molecule has 4 N–H and O–H groups in total. The van der Waals surface area contributed by atoms with E-state index in [4.69, 9.17) is 5.73 Å². The van der Waals surface area contributed by atoms with E-state index >= 15 is 0 Å². The maximum atomic E-state index is 12.0. The van der Waals surface area contributed by atoms with E-state index in [0.717, 1.165) is 11.3 Å². The van der Waals surface area contributed by atoms with Crippen molar-refractivity contribution in [3.63, 3.8) is 0 Å². The predicted molar refractivity (Wildman–Crippen MR) is 70.2 cm³/mol. The second-order valence-corrected chi connectivity index (χ2v) is 5.00. The molecule has 0 aromatic heterocycles. The highest BCUT2D eigenvalue weighted by molar-refractivity contribution is 5.89. The summed E-state index contributed by atoms with van der Waals surface area (Å²) in [5, 5.41) is 12.6. The molecule has 1 saturated heterocycles. The van der Waals surface area contributed by atoms with Gasteiger partial charge >= 0.3 is 6.03 Å². The topological polar surface area (TPSA) is 78.6 Å². The Morgan fingerprint density at radius 2 is 2.39 bits per heavy atom. The molecule has 1 aliphatic heterocycles. The van der Waals surface area contributed by atoms with Crippen molar-refractivity contribution < 1.29 is 9.90 Å². The largest absolute Gasteiger partial charge is 0.388 e. The van der Waals surface area contributed by atoms with Crippen molar-refractivity contribution in [2.45, 2.75) is 25.5 Å². The van der Waals surface area contributed by atoms with E-state index in [0.29, 0.717) is 26.1 Å². The minimum Gasteiger partial charge on any atom is -0.388 e. The molecule has 2 amide bonds. The monoisotopic (exact) mass is 249 g/mol. The fraction of sp³-hybridized carbons (Fsp3) is 0.462. The zero-order valence-corrected chi connectivity index (χ0v) is 10.5. The number of benzene rings is 1. The molecule has 1 aliphatic rings. The zero-order valence-electron chi connectivity index (χ0n) is 10.5. The van der Waals surface area contributed by atoms with Gasteiger partial charge in [-0.1, -0.05) is 12.1 Å². The highest BCUT2D eigenvalue weighted by atomic mass is 16.3. The Bertz CT molecular complexity index is 446. The van der Waals surface area contributed by atoms with Crippen molar-refractivity contribution in [2.24, 2.45) is 5.73 Å². The number of nitrogens with one attached hydrogen (secondary N) is 1. The molecular formula is C13H19N3O2. The number of urea groups is 1. The van der Waals surface area contributed by atoms with Crippen molar-refractivity contribution in [1.82, 2.24) is 4.90 Å². The summed E-state index contributed by atoms with van der Waals surface area (Å²) < 4.78 is 0. The number of nitrogens with two attached hydrogens (primary N) is 1. The average Bonchev–Trinajstić information content (AvgIpc) is 2.70. The number of anilines is 1. The number of carbonyl (C=O) groups excluding carboxylic acids is 1. The predicted octanol–water partition coefficient (Wildman–Crippen LogP) is 1.13. The lowest BCUT2D eigenvalue weighted by atomic mass is 10.1. The van der Waals surface area contributed by atoms with Crippen LogP contribution < -0.4 is 11.1 Å². The molecule has 0 aliphatic carbocycles. The maximum absolute atomic E-state index is 12.0. The average molecular weight is 249 g/mol. The first-order valence-electron chi connectivity index (χ1n) is 6.07. The molecule has 18 heavy (non-hydrogen) atoms. The number of hydrogen-bond acceptors (Lipinski definition) is 3. The fourth-order valence-corrected chi connectivity index (χ4v) is 2.10. The molecule has 5 nitrogen and oxygen atoms in total. The van der Waals surface area contributed by atoms with Crippen molar-refractivity contribution in [3.05, 3.63) is 29.8 Å². The summed E-state index contributed by atoms with van der Waals surface area (Å²) in [6.45, 7) is 3.14. The highest BCUT2D eigenvalue weighted by Crippen LogP contribution is 2.21. The van der Waals surface area contributed by atoms with Crippen LogP contribution in [-0.4, -0.2) is 34.7 Å². The number of aliphatic hydroxyl groups is 1. The third-order valence-electron chi connectivity index (χ3n) is 3.15. The second-order valence-electron chi connectivity index (χ2n) is 5.00. The summed E-state index contributed by atoms with van der Waals surface area (Å²) in [6, 6.07) is 7.27. The highest BCUT2D eigenvalue weighted by Gasteiger charge is 2.33. The summed E-state index contributed by atoms with van der Waals surface area (Å²) in [5.41, 5.74) is 6.49. The van der Waals surface area contributed by atoms with Gasteiger partial charge in [0.1, 0.15) is 0 Å². The van der Waals surface area contributed by atoms with Crippen LogP contribution in [0.25, 0.3) is 0 Å². The Kier molecular flexibility index (Phi) is 3.54. The molecule has 1 heterocycles. The Labute approximate surface area is 107 Å². The minimum atomic E-state index is -0.767. The SMILES string of the molecule is CC1(O)CCN(C(=O)Nc2cccc(CN)c2)C1. The Hall–Kier alpha value is -1.59. The van der Waals surface area contributed by atoms with Gasteiger partial charge in [0.05, 0.1) is 12.1 Å². The van der Waals surface area contributed by atoms with Gasteiger partial charge in [-0.2, -0.15) is 0 Å². The number of hydrogen-bond donors (Lipinski definition) is 3. The van der Waals surface area contributed by atoms with Crippen LogP contribution in [0.4, 0.5) is 10.5 Å². The standard InChI is InChI=1S/C13H19N3O2/c1-13(18)5-6-16(9-13)12(17)15-11-4-2-3-10(7-11)8-14/h2-4,7,18H,5-6,8-9,14H2,1H3,(H,15,17). The number of rotatable bonds is 2. The first-order chi connectivity index (χ1) is 8.50. The number of likely N-dealkylation sites (tertiary alicyclic amines) is 1. The molecule has 0 bridgehead atoms. The number of carbonyl (C=O) groups is 1. The summed E-state index contributed by atoms with van der Waals surface area (Å²) in [7, 11) is 0. The quantitative estimate of drug-likeness (QED) is 0.735. The minimum absolute atomic E-state index is 0.179. The Morgan fingerprint density at radius 3 is 3.00 bits per heavy atom. The first-order valence-corrected chi connectivity index (χ1v) is 6.07. The first kappa shape index (κ1) is 12.9. The van der Waals surface area contributed by atoms with E-state index in [1.807, 2.05) is 24.3 Å². The molecule has 0 saturated carbocycles. The van der Waals surface area contributed by atoms with E-state index in [-0.39, 0.29) is 6.03 Å². The van der Waals surface area contributed by atoms with Crippen LogP contribution in [0.1, 0.15) is 18.9 Å². The molecule has 0 spiro atoms. The van der Waals surface area contributed by atoms with E-state index in [1.165, 1.54) is 0 Å². The van der Waals surface area contributed by atoms with Gasteiger partial charge in [0.2, 0.25) is 0 Å². The molecule has 2 rings (SSSR count). The van der Waals surface area contributed by atoms with Gasteiger partial charge in [-0.15, -0.1) is 0 Å². The maximum Gasteiger partial charge on any atom is 0.321 e. The second kappa shape index (κ2) is 4.96. The van der Waals surface area contributed by atoms with Crippen LogP contribution in [0, 0.1) is 0 Å². The smallest absolute Gasteiger partial charge is 0.321 e. The Morgan fingerprint density at radius 1 is 1.61 bits per heavy atom. The van der Waals surface area contributed by atoms with E-state index in [1.54, 1.807) is 11.8 Å². The lowest BCUT2D eigenvalue weighted by Gasteiger charge is -2.19. The van der Waals surface area contributed by atoms with Crippen LogP contribution in [0.3, 0.4) is 0 Å².